The van der Waals surface area contributed by atoms with Gasteiger partial charge in [0.2, 0.25) is 5.91 Å². The van der Waals surface area contributed by atoms with Gasteiger partial charge in [-0.25, -0.2) is 0 Å². The summed E-state index contributed by atoms with van der Waals surface area (Å²) in [5.41, 5.74) is 5.45. The van der Waals surface area contributed by atoms with E-state index in [1.165, 1.54) is 18.2 Å². The van der Waals surface area contributed by atoms with E-state index in [2.05, 4.69) is 11.2 Å². The minimum atomic E-state index is -0.641. The molecule has 0 radical (unpaired) electrons. The van der Waals surface area contributed by atoms with Crippen molar-refractivity contribution in [3.8, 4) is 12.3 Å². The summed E-state index contributed by atoms with van der Waals surface area (Å²) in [7, 11) is 0. The Bertz CT molecular complexity index is 520. The van der Waals surface area contributed by atoms with Crippen LogP contribution >= 0.6 is 0 Å². The number of primary amides is 1. The maximum Gasteiger partial charge on any atom is 0.292 e. The molecular weight excluding hydrogens is 234 g/mol. The summed E-state index contributed by atoms with van der Waals surface area (Å²) in [6.45, 7) is 1.79. The largest absolute Gasteiger partial charge is 0.376 e. The van der Waals surface area contributed by atoms with Gasteiger partial charge < -0.3 is 11.1 Å². The molecule has 1 unspecified atom stereocenters. The molecule has 0 saturated carbocycles. The predicted molar refractivity (Wildman–Crippen MR) is 68.1 cm³/mol. The quantitative estimate of drug-likeness (QED) is 0.468. The zero-order chi connectivity index (χ0) is 13.7. The molecule has 0 aliphatic heterocycles. The highest BCUT2D eigenvalue weighted by Gasteiger charge is 2.17. The Morgan fingerprint density at radius 1 is 1.67 bits per heavy atom. The standard InChI is InChI=1S/C12H13N3O3/c1-3-4-8(2)14-10-7-9(12(13)16)5-6-11(10)15(17)18/h1,5-8,14H,4H2,2H3,(H2,13,16). The second-order valence-corrected chi connectivity index (χ2v) is 3.81. The molecule has 0 bridgehead atoms. The molecule has 0 aliphatic carbocycles. The van der Waals surface area contributed by atoms with Crippen molar-refractivity contribution < 1.29 is 9.72 Å². The van der Waals surface area contributed by atoms with Crippen LogP contribution in [0.1, 0.15) is 23.7 Å². The summed E-state index contributed by atoms with van der Waals surface area (Å²) in [4.78, 5) is 21.4. The number of hydrogen-bond donors (Lipinski definition) is 2. The second-order valence-electron chi connectivity index (χ2n) is 3.81. The zero-order valence-electron chi connectivity index (χ0n) is 9.84. The number of nitro benzene ring substituents is 1. The topological polar surface area (TPSA) is 98.3 Å². The highest BCUT2D eigenvalue weighted by Crippen LogP contribution is 2.26. The number of carbonyl (C=O) groups excluding carboxylic acids is 1. The number of carbonyl (C=O) groups is 1. The monoisotopic (exact) mass is 247 g/mol. The molecule has 1 amide bonds. The van der Waals surface area contributed by atoms with E-state index in [9.17, 15) is 14.9 Å². The smallest absolute Gasteiger partial charge is 0.292 e. The molecule has 0 fully saturated rings. The first kappa shape index (κ1) is 13.5. The van der Waals surface area contributed by atoms with Crippen LogP contribution in [0, 0.1) is 22.5 Å². The van der Waals surface area contributed by atoms with Crippen molar-refractivity contribution in [1.29, 1.82) is 0 Å². The van der Waals surface area contributed by atoms with E-state index in [0.29, 0.717) is 6.42 Å². The lowest BCUT2D eigenvalue weighted by atomic mass is 10.1. The summed E-state index contributed by atoms with van der Waals surface area (Å²) in [5, 5.41) is 13.7. The Balaban J connectivity index is 3.12. The normalized spacial score (nSPS) is 11.3. The molecule has 0 saturated heterocycles. The molecule has 1 aromatic carbocycles. The van der Waals surface area contributed by atoms with Crippen LogP contribution in [-0.2, 0) is 0 Å². The van der Waals surface area contributed by atoms with Crippen molar-refractivity contribution in [2.24, 2.45) is 5.73 Å². The average Bonchev–Trinajstić information content (AvgIpc) is 2.28. The molecule has 3 N–H and O–H groups in total. The number of nitrogens with zero attached hydrogens (tertiary/aromatic N) is 1. The van der Waals surface area contributed by atoms with Gasteiger partial charge in [0.25, 0.3) is 5.69 Å². The van der Waals surface area contributed by atoms with E-state index in [-0.39, 0.29) is 23.0 Å². The fourth-order valence-corrected chi connectivity index (χ4v) is 1.46. The van der Waals surface area contributed by atoms with Crippen LogP contribution in [0.25, 0.3) is 0 Å². The second kappa shape index (κ2) is 5.68. The third-order valence-electron chi connectivity index (χ3n) is 2.30. The first-order valence-corrected chi connectivity index (χ1v) is 5.24. The van der Waals surface area contributed by atoms with Crippen molar-refractivity contribution in [2.75, 3.05) is 5.32 Å². The number of terminal acetylenes is 1. The molecule has 6 nitrogen and oxygen atoms in total. The van der Waals surface area contributed by atoms with Gasteiger partial charge in [0.15, 0.2) is 0 Å². The van der Waals surface area contributed by atoms with Crippen molar-refractivity contribution in [3.05, 3.63) is 33.9 Å². The number of hydrogen-bond acceptors (Lipinski definition) is 4. The van der Waals surface area contributed by atoms with Gasteiger partial charge in [-0.1, -0.05) is 0 Å². The third kappa shape index (κ3) is 3.22. The third-order valence-corrected chi connectivity index (χ3v) is 2.30. The van der Waals surface area contributed by atoms with Crippen LogP contribution in [0.3, 0.4) is 0 Å². The summed E-state index contributed by atoms with van der Waals surface area (Å²) in [5.74, 6) is 1.81. The van der Waals surface area contributed by atoms with E-state index in [0.717, 1.165) is 0 Å². The molecule has 0 heterocycles. The van der Waals surface area contributed by atoms with Crippen LogP contribution < -0.4 is 11.1 Å². The fraction of sp³-hybridized carbons (Fsp3) is 0.250. The van der Waals surface area contributed by atoms with Gasteiger partial charge in [-0.2, -0.15) is 0 Å². The lowest BCUT2D eigenvalue weighted by Crippen LogP contribution is -2.17. The van der Waals surface area contributed by atoms with Gasteiger partial charge in [0, 0.05) is 24.1 Å². The number of anilines is 1. The molecule has 0 spiro atoms. The molecule has 1 rings (SSSR count). The number of amides is 1. The summed E-state index contributed by atoms with van der Waals surface area (Å²) < 4.78 is 0. The predicted octanol–water partition coefficient (Wildman–Crippen LogP) is 1.52. The first-order valence-electron chi connectivity index (χ1n) is 5.24. The van der Waals surface area contributed by atoms with Crippen LogP contribution in [0.5, 0.6) is 0 Å². The highest BCUT2D eigenvalue weighted by molar-refractivity contribution is 5.94. The maximum absolute atomic E-state index is 11.0. The van der Waals surface area contributed by atoms with Gasteiger partial charge in [0.05, 0.1) is 4.92 Å². The molecule has 1 aromatic rings. The Hall–Kier alpha value is -2.55. The molecule has 0 aliphatic rings. The van der Waals surface area contributed by atoms with Gasteiger partial charge in [-0.15, -0.1) is 12.3 Å². The number of nitrogens with one attached hydrogen (secondary N) is 1. The van der Waals surface area contributed by atoms with E-state index < -0.39 is 10.8 Å². The molecule has 6 heteroatoms. The maximum atomic E-state index is 11.0. The van der Waals surface area contributed by atoms with Gasteiger partial charge in [-0.05, 0) is 19.1 Å². The minimum absolute atomic E-state index is 0.121. The summed E-state index contributed by atoms with van der Waals surface area (Å²) >= 11 is 0. The Morgan fingerprint density at radius 2 is 2.33 bits per heavy atom. The Labute approximate surface area is 104 Å². The SMILES string of the molecule is C#CCC(C)Nc1cc(C(N)=O)ccc1[N+](=O)[O-]. The lowest BCUT2D eigenvalue weighted by molar-refractivity contribution is -0.384. The van der Waals surface area contributed by atoms with Crippen molar-refractivity contribution in [2.45, 2.75) is 19.4 Å². The van der Waals surface area contributed by atoms with Crippen LogP contribution in [-0.4, -0.2) is 16.9 Å². The number of nitrogens with two attached hydrogens (primary N) is 1. The van der Waals surface area contributed by atoms with E-state index in [1.54, 1.807) is 6.92 Å². The van der Waals surface area contributed by atoms with E-state index >= 15 is 0 Å². The Kier molecular flexibility index (Phi) is 4.27. The van der Waals surface area contributed by atoms with Crippen molar-refractivity contribution >= 4 is 17.3 Å². The molecule has 0 aromatic heterocycles. The van der Waals surface area contributed by atoms with Crippen LogP contribution in [0.4, 0.5) is 11.4 Å². The number of nitro groups is 1. The molecule has 18 heavy (non-hydrogen) atoms. The van der Waals surface area contributed by atoms with Gasteiger partial charge >= 0.3 is 0 Å². The van der Waals surface area contributed by atoms with Crippen molar-refractivity contribution in [3.63, 3.8) is 0 Å². The van der Waals surface area contributed by atoms with E-state index in [1.807, 2.05) is 0 Å². The number of rotatable bonds is 5. The lowest BCUT2D eigenvalue weighted by Gasteiger charge is -2.13. The fourth-order valence-electron chi connectivity index (χ4n) is 1.46. The minimum Gasteiger partial charge on any atom is -0.376 e. The zero-order valence-corrected chi connectivity index (χ0v) is 9.84. The Morgan fingerprint density at radius 3 is 2.83 bits per heavy atom. The highest BCUT2D eigenvalue weighted by atomic mass is 16.6. The van der Waals surface area contributed by atoms with Gasteiger partial charge in [-0.3, -0.25) is 14.9 Å². The summed E-state index contributed by atoms with van der Waals surface area (Å²) in [6, 6.07) is 3.77. The molecule has 1 atom stereocenters. The van der Waals surface area contributed by atoms with E-state index in [4.69, 9.17) is 12.2 Å². The first-order chi connectivity index (χ1) is 8.45. The van der Waals surface area contributed by atoms with Crippen LogP contribution in [0.2, 0.25) is 0 Å². The van der Waals surface area contributed by atoms with Gasteiger partial charge in [0.1, 0.15) is 5.69 Å². The molecular formula is C12H13N3O3. The summed E-state index contributed by atoms with van der Waals surface area (Å²) in [6.07, 6.45) is 5.58. The average molecular weight is 247 g/mol. The van der Waals surface area contributed by atoms with Crippen molar-refractivity contribution in [1.82, 2.24) is 0 Å². The number of benzene rings is 1. The molecule has 94 valence electrons. The van der Waals surface area contributed by atoms with Crippen LogP contribution in [0.15, 0.2) is 18.2 Å².